The maximum Gasteiger partial charge on any atom is 0.274 e. The lowest BCUT2D eigenvalue weighted by molar-refractivity contribution is -0.385. The number of rotatable bonds is 5. The zero-order valence-corrected chi connectivity index (χ0v) is 15.3. The fourth-order valence-corrected chi connectivity index (χ4v) is 3.18. The molecule has 0 aliphatic rings. The molecule has 1 N–H and O–H groups in total. The van der Waals surface area contributed by atoms with E-state index < -0.39 is 10.8 Å². The lowest BCUT2D eigenvalue weighted by atomic mass is 10.1. The molecule has 8 heteroatoms. The van der Waals surface area contributed by atoms with Crippen molar-refractivity contribution >= 4 is 44.8 Å². The topological polar surface area (TPSA) is 81.5 Å². The van der Waals surface area contributed by atoms with Crippen LogP contribution in [0, 0.1) is 24.0 Å². The van der Waals surface area contributed by atoms with E-state index in [9.17, 15) is 14.9 Å². The number of nitro benzene ring substituents is 1. The molecule has 0 spiro atoms. The number of nitrogens with one attached hydrogen (secondary N) is 1. The van der Waals surface area contributed by atoms with Crippen LogP contribution in [-0.2, 0) is 4.79 Å². The van der Waals surface area contributed by atoms with Gasteiger partial charge in [-0.3, -0.25) is 14.9 Å². The van der Waals surface area contributed by atoms with E-state index in [4.69, 9.17) is 16.3 Å². The number of hydrogen-bond acceptors (Lipinski definition) is 4. The number of amides is 1. The van der Waals surface area contributed by atoms with Crippen molar-refractivity contribution in [3.8, 4) is 5.75 Å². The summed E-state index contributed by atoms with van der Waals surface area (Å²) in [4.78, 5) is 22.5. The molecule has 6 nitrogen and oxygen atoms in total. The van der Waals surface area contributed by atoms with Crippen molar-refractivity contribution in [3.63, 3.8) is 0 Å². The van der Waals surface area contributed by atoms with E-state index in [0.29, 0.717) is 22.0 Å². The minimum atomic E-state index is -0.494. The Morgan fingerprint density at radius 3 is 2.71 bits per heavy atom. The highest BCUT2D eigenvalue weighted by Gasteiger charge is 2.15. The Morgan fingerprint density at radius 2 is 2.08 bits per heavy atom. The monoisotopic (exact) mass is 412 g/mol. The normalized spacial score (nSPS) is 10.3. The average molecular weight is 414 g/mol. The Kier molecular flexibility index (Phi) is 5.80. The van der Waals surface area contributed by atoms with E-state index in [1.54, 1.807) is 19.1 Å². The highest BCUT2D eigenvalue weighted by atomic mass is 79.9. The molecular formula is C16H14BrClN2O4. The van der Waals surface area contributed by atoms with Gasteiger partial charge in [0.1, 0.15) is 5.75 Å². The summed E-state index contributed by atoms with van der Waals surface area (Å²) in [5, 5.41) is 13.9. The maximum absolute atomic E-state index is 12.1. The molecule has 0 saturated heterocycles. The highest BCUT2D eigenvalue weighted by molar-refractivity contribution is 9.10. The van der Waals surface area contributed by atoms with Crippen molar-refractivity contribution in [2.24, 2.45) is 0 Å². The first-order valence-corrected chi connectivity index (χ1v) is 8.09. The number of carbonyl (C=O) groups is 1. The second-order valence-electron chi connectivity index (χ2n) is 5.08. The molecule has 0 aromatic heterocycles. The quantitative estimate of drug-likeness (QED) is 0.571. The molecule has 126 valence electrons. The summed E-state index contributed by atoms with van der Waals surface area (Å²) >= 11 is 9.42. The molecule has 0 radical (unpaired) electrons. The molecule has 0 unspecified atom stereocenters. The van der Waals surface area contributed by atoms with E-state index in [1.807, 2.05) is 13.0 Å². The van der Waals surface area contributed by atoms with Crippen molar-refractivity contribution in [1.29, 1.82) is 0 Å². The minimum absolute atomic E-state index is 0.0551. The first-order chi connectivity index (χ1) is 11.3. The van der Waals surface area contributed by atoms with Gasteiger partial charge in [-0.2, -0.15) is 0 Å². The van der Waals surface area contributed by atoms with Gasteiger partial charge in [-0.05, 0) is 37.6 Å². The fourth-order valence-electron chi connectivity index (χ4n) is 2.15. The van der Waals surface area contributed by atoms with E-state index in [0.717, 1.165) is 10.0 Å². The summed E-state index contributed by atoms with van der Waals surface area (Å²) in [6.07, 6.45) is 0. The van der Waals surface area contributed by atoms with E-state index in [-0.39, 0.29) is 12.3 Å². The SMILES string of the molecule is Cc1cc(Br)cc(Cl)c1OCC(=O)Nc1cccc([N+](=O)[O-])c1C. The largest absolute Gasteiger partial charge is 0.482 e. The summed E-state index contributed by atoms with van der Waals surface area (Å²) < 4.78 is 6.29. The molecule has 0 atom stereocenters. The summed E-state index contributed by atoms with van der Waals surface area (Å²) in [5.74, 6) is -0.0113. The number of carbonyl (C=O) groups excluding carboxylic acids is 1. The summed E-state index contributed by atoms with van der Waals surface area (Å²) in [6.45, 7) is 3.13. The van der Waals surface area contributed by atoms with Gasteiger partial charge >= 0.3 is 0 Å². The third kappa shape index (κ3) is 4.24. The number of halogens is 2. The summed E-state index contributed by atoms with van der Waals surface area (Å²) in [7, 11) is 0. The van der Waals surface area contributed by atoms with Crippen LogP contribution in [0.25, 0.3) is 0 Å². The van der Waals surface area contributed by atoms with Crippen LogP contribution in [0.4, 0.5) is 11.4 Å². The number of benzene rings is 2. The van der Waals surface area contributed by atoms with Crippen LogP contribution in [0.3, 0.4) is 0 Å². The van der Waals surface area contributed by atoms with E-state index >= 15 is 0 Å². The number of anilines is 1. The van der Waals surface area contributed by atoms with Gasteiger partial charge in [-0.25, -0.2) is 0 Å². The first-order valence-electron chi connectivity index (χ1n) is 6.92. The standard InChI is InChI=1S/C16H14BrClN2O4/c1-9-6-11(17)7-12(18)16(9)24-8-15(21)19-13-4-3-5-14(10(13)2)20(22)23/h3-7H,8H2,1-2H3,(H,19,21). The Bertz CT molecular complexity index is 788. The molecule has 1 amide bonds. The number of ether oxygens (including phenoxy) is 1. The Morgan fingerprint density at radius 1 is 1.38 bits per heavy atom. The molecule has 0 bridgehead atoms. The highest BCUT2D eigenvalue weighted by Crippen LogP contribution is 2.32. The average Bonchev–Trinajstić information content (AvgIpc) is 2.48. The van der Waals surface area contributed by atoms with Crippen molar-refractivity contribution in [1.82, 2.24) is 0 Å². The summed E-state index contributed by atoms with van der Waals surface area (Å²) in [6, 6.07) is 7.98. The molecule has 24 heavy (non-hydrogen) atoms. The fraction of sp³-hybridized carbons (Fsp3) is 0.188. The van der Waals surface area contributed by atoms with Crippen LogP contribution in [0.5, 0.6) is 5.75 Å². The lowest BCUT2D eigenvalue weighted by Gasteiger charge is -2.12. The zero-order chi connectivity index (χ0) is 17.9. The van der Waals surface area contributed by atoms with Crippen LogP contribution in [0.15, 0.2) is 34.8 Å². The van der Waals surface area contributed by atoms with Gasteiger partial charge in [0.05, 0.1) is 21.2 Å². The first kappa shape index (κ1) is 18.2. The van der Waals surface area contributed by atoms with Gasteiger partial charge in [0.2, 0.25) is 0 Å². The molecule has 0 heterocycles. The van der Waals surface area contributed by atoms with Crippen LogP contribution < -0.4 is 10.1 Å². The molecule has 0 aliphatic heterocycles. The van der Waals surface area contributed by atoms with Gasteiger partial charge in [0, 0.05) is 10.5 Å². The van der Waals surface area contributed by atoms with Gasteiger partial charge in [0.25, 0.3) is 11.6 Å². The van der Waals surface area contributed by atoms with E-state index in [1.165, 1.54) is 12.1 Å². The molecule has 0 fully saturated rings. The summed E-state index contributed by atoms with van der Waals surface area (Å²) in [5.41, 5.74) is 1.49. The Labute approximate surface area is 152 Å². The van der Waals surface area contributed by atoms with Gasteiger partial charge in [0.15, 0.2) is 6.61 Å². The molecule has 0 aliphatic carbocycles. The third-order valence-electron chi connectivity index (χ3n) is 3.32. The molecule has 2 aromatic carbocycles. The molecule has 2 rings (SSSR count). The Balaban J connectivity index is 2.08. The van der Waals surface area contributed by atoms with Crippen LogP contribution in [0.1, 0.15) is 11.1 Å². The van der Waals surface area contributed by atoms with Crippen molar-refractivity contribution in [3.05, 3.63) is 61.1 Å². The van der Waals surface area contributed by atoms with Crippen LogP contribution in [0.2, 0.25) is 5.02 Å². The molecule has 2 aromatic rings. The molecular weight excluding hydrogens is 400 g/mol. The second-order valence-corrected chi connectivity index (χ2v) is 6.40. The third-order valence-corrected chi connectivity index (χ3v) is 4.06. The predicted octanol–water partition coefficient (Wildman–Crippen LogP) is 4.65. The van der Waals surface area contributed by atoms with Crippen LogP contribution >= 0.6 is 27.5 Å². The smallest absolute Gasteiger partial charge is 0.274 e. The minimum Gasteiger partial charge on any atom is -0.482 e. The second kappa shape index (κ2) is 7.63. The van der Waals surface area contributed by atoms with Crippen molar-refractivity contribution in [2.75, 3.05) is 11.9 Å². The lowest BCUT2D eigenvalue weighted by Crippen LogP contribution is -2.21. The zero-order valence-electron chi connectivity index (χ0n) is 12.9. The number of nitro groups is 1. The Hall–Kier alpha value is -2.12. The van der Waals surface area contributed by atoms with Crippen molar-refractivity contribution < 1.29 is 14.5 Å². The van der Waals surface area contributed by atoms with Crippen LogP contribution in [-0.4, -0.2) is 17.4 Å². The van der Waals surface area contributed by atoms with E-state index in [2.05, 4.69) is 21.2 Å². The number of nitrogens with zero attached hydrogens (tertiary/aromatic N) is 1. The van der Waals surface area contributed by atoms with Gasteiger partial charge < -0.3 is 10.1 Å². The molecule has 0 saturated carbocycles. The number of aryl methyl sites for hydroxylation is 1. The van der Waals surface area contributed by atoms with Gasteiger partial charge in [-0.15, -0.1) is 0 Å². The maximum atomic E-state index is 12.1. The van der Waals surface area contributed by atoms with Crippen molar-refractivity contribution in [2.45, 2.75) is 13.8 Å². The number of hydrogen-bond donors (Lipinski definition) is 1. The predicted molar refractivity (Wildman–Crippen MR) is 95.8 cm³/mol. The van der Waals surface area contributed by atoms with Gasteiger partial charge in [-0.1, -0.05) is 33.6 Å².